The fourth-order valence-electron chi connectivity index (χ4n) is 4.16. The number of carbonyl (C=O) groups is 2. The van der Waals surface area contributed by atoms with Crippen LogP contribution in [0, 0.1) is 0 Å². The second-order valence-electron chi connectivity index (χ2n) is 8.59. The molecule has 2 amide bonds. The molecule has 7 nitrogen and oxygen atoms in total. The smallest absolute Gasteiger partial charge is 0.278 e. The van der Waals surface area contributed by atoms with Gasteiger partial charge in [0.15, 0.2) is 0 Å². The summed E-state index contributed by atoms with van der Waals surface area (Å²) in [6.07, 6.45) is 2.47. The summed E-state index contributed by atoms with van der Waals surface area (Å²) in [6, 6.07) is 15.3. The number of likely N-dealkylation sites (N-methyl/N-ethyl adjacent to an activating group) is 1. The van der Waals surface area contributed by atoms with Crippen molar-refractivity contribution < 1.29 is 14.3 Å². The summed E-state index contributed by atoms with van der Waals surface area (Å²) >= 11 is 0. The Morgan fingerprint density at radius 3 is 2.26 bits per heavy atom. The highest BCUT2D eigenvalue weighted by molar-refractivity contribution is 6.36. The van der Waals surface area contributed by atoms with Gasteiger partial charge in [-0.05, 0) is 55.4 Å². The maximum Gasteiger partial charge on any atom is 0.278 e. The zero-order valence-corrected chi connectivity index (χ0v) is 19.9. The topological polar surface area (TPSA) is 65.1 Å². The third kappa shape index (κ3) is 4.99. The number of nitrogens with one attached hydrogen (secondary N) is 1. The van der Waals surface area contributed by atoms with Crippen molar-refractivity contribution in [3.8, 4) is 5.75 Å². The van der Waals surface area contributed by atoms with Crippen LogP contribution in [0.3, 0.4) is 0 Å². The molecule has 1 saturated heterocycles. The summed E-state index contributed by atoms with van der Waals surface area (Å²) in [5.41, 5.74) is 3.22. The number of imide groups is 1. The van der Waals surface area contributed by atoms with E-state index in [2.05, 4.69) is 40.9 Å². The zero-order valence-electron chi connectivity index (χ0n) is 19.9. The minimum absolute atomic E-state index is 0.159. The molecular formula is C27H32N4O3. The number of rotatable bonds is 9. The highest BCUT2D eigenvalue weighted by atomic mass is 16.5. The monoisotopic (exact) mass is 460 g/mol. The molecule has 2 heterocycles. The number of hydrogen-bond donors (Lipinski definition) is 1. The molecule has 1 N–H and O–H groups in total. The normalized spacial score (nSPS) is 16.9. The first-order chi connectivity index (χ1) is 16.5. The largest absolute Gasteiger partial charge is 0.494 e. The van der Waals surface area contributed by atoms with Crippen molar-refractivity contribution in [3.63, 3.8) is 0 Å². The number of ether oxygens (including phenoxy) is 1. The summed E-state index contributed by atoms with van der Waals surface area (Å²) in [7, 11) is 2.14. The fourth-order valence-corrected chi connectivity index (χ4v) is 4.16. The first-order valence-corrected chi connectivity index (χ1v) is 11.8. The number of amides is 2. The Kier molecular flexibility index (Phi) is 7.33. The van der Waals surface area contributed by atoms with Gasteiger partial charge in [0, 0.05) is 44.1 Å². The number of piperazine rings is 1. The van der Waals surface area contributed by atoms with Gasteiger partial charge in [0.2, 0.25) is 0 Å². The van der Waals surface area contributed by atoms with Crippen LogP contribution in [0.15, 0.2) is 66.9 Å². The van der Waals surface area contributed by atoms with Gasteiger partial charge in [-0.3, -0.25) is 14.5 Å². The Morgan fingerprint density at radius 1 is 0.971 bits per heavy atom. The maximum absolute atomic E-state index is 13.2. The average Bonchev–Trinajstić information content (AvgIpc) is 3.08. The quantitative estimate of drug-likeness (QED) is 0.456. The van der Waals surface area contributed by atoms with E-state index >= 15 is 0 Å². The van der Waals surface area contributed by atoms with Crippen LogP contribution >= 0.6 is 0 Å². The number of anilines is 2. The first kappa shape index (κ1) is 23.6. The third-order valence-corrected chi connectivity index (χ3v) is 6.10. The summed E-state index contributed by atoms with van der Waals surface area (Å²) < 4.78 is 5.66. The van der Waals surface area contributed by atoms with E-state index in [1.807, 2.05) is 43.3 Å². The van der Waals surface area contributed by atoms with Crippen molar-refractivity contribution in [2.75, 3.05) is 56.6 Å². The Morgan fingerprint density at radius 2 is 1.65 bits per heavy atom. The van der Waals surface area contributed by atoms with Crippen LogP contribution in [-0.4, -0.2) is 68.0 Å². The van der Waals surface area contributed by atoms with E-state index in [-0.39, 0.29) is 24.1 Å². The van der Waals surface area contributed by atoms with Crippen molar-refractivity contribution in [2.24, 2.45) is 0 Å². The van der Waals surface area contributed by atoms with Crippen LogP contribution in [0.2, 0.25) is 0 Å². The molecule has 2 aliphatic rings. The molecule has 0 atom stereocenters. The minimum Gasteiger partial charge on any atom is -0.494 e. The molecule has 0 unspecified atom stereocenters. The molecule has 2 aliphatic heterocycles. The average molecular weight is 461 g/mol. The molecule has 4 rings (SSSR count). The standard InChI is InChI=1S/C27H32N4O3/c1-4-14-31-26(32)24(20-6-12-23(13-7-20)34-19-5-2)25(27(31)33)28-21-8-10-22(11-9-21)30-17-15-29(3)16-18-30/h4,6-13,28H,1,5,14-19H2,2-3H3. The highest BCUT2D eigenvalue weighted by Gasteiger charge is 2.38. The molecule has 0 radical (unpaired) electrons. The van der Waals surface area contributed by atoms with E-state index in [1.54, 1.807) is 6.08 Å². The molecule has 0 aromatic heterocycles. The summed E-state index contributed by atoms with van der Waals surface area (Å²) in [5, 5.41) is 3.22. The fraction of sp³-hybridized carbons (Fsp3) is 0.333. The van der Waals surface area contributed by atoms with Crippen LogP contribution < -0.4 is 15.0 Å². The predicted octanol–water partition coefficient (Wildman–Crippen LogP) is 3.61. The lowest BCUT2D eigenvalue weighted by molar-refractivity contribution is -0.136. The predicted molar refractivity (Wildman–Crippen MR) is 136 cm³/mol. The Labute approximate surface area is 201 Å². The zero-order chi connectivity index (χ0) is 24.1. The minimum atomic E-state index is -0.352. The number of benzene rings is 2. The van der Waals surface area contributed by atoms with Crippen LogP contribution in [0.5, 0.6) is 5.75 Å². The van der Waals surface area contributed by atoms with E-state index in [0.29, 0.717) is 17.7 Å². The molecule has 0 saturated carbocycles. The number of nitrogens with zero attached hydrogens (tertiary/aromatic N) is 3. The third-order valence-electron chi connectivity index (χ3n) is 6.10. The van der Waals surface area contributed by atoms with Gasteiger partial charge >= 0.3 is 0 Å². The van der Waals surface area contributed by atoms with Gasteiger partial charge in [-0.25, -0.2) is 0 Å². The van der Waals surface area contributed by atoms with Crippen LogP contribution in [0.4, 0.5) is 11.4 Å². The Balaban J connectivity index is 1.59. The van der Waals surface area contributed by atoms with Gasteiger partial charge in [0.05, 0.1) is 12.2 Å². The molecule has 0 bridgehead atoms. The summed E-state index contributed by atoms with van der Waals surface area (Å²) in [6.45, 7) is 10.6. The number of carbonyl (C=O) groups excluding carboxylic acids is 2. The molecule has 2 aromatic rings. The summed E-state index contributed by atoms with van der Waals surface area (Å²) in [4.78, 5) is 32.2. The van der Waals surface area contributed by atoms with Crippen molar-refractivity contribution in [3.05, 3.63) is 72.4 Å². The summed E-state index contributed by atoms with van der Waals surface area (Å²) in [5.74, 6) is 0.0537. The van der Waals surface area contributed by atoms with Crippen molar-refractivity contribution in [1.29, 1.82) is 0 Å². The lowest BCUT2D eigenvalue weighted by Gasteiger charge is -2.34. The van der Waals surface area contributed by atoms with Gasteiger partial charge in [-0.1, -0.05) is 25.1 Å². The molecule has 0 spiro atoms. The SMILES string of the molecule is C=CCN1C(=O)C(Nc2ccc(N3CCN(C)CC3)cc2)=C(c2ccc(OCCC)cc2)C1=O. The lowest BCUT2D eigenvalue weighted by atomic mass is 10.0. The molecule has 34 heavy (non-hydrogen) atoms. The van der Waals surface area contributed by atoms with Crippen molar-refractivity contribution in [2.45, 2.75) is 13.3 Å². The van der Waals surface area contributed by atoms with Gasteiger partial charge in [-0.15, -0.1) is 6.58 Å². The molecular weight excluding hydrogens is 428 g/mol. The van der Waals surface area contributed by atoms with Crippen LogP contribution in [-0.2, 0) is 9.59 Å². The molecule has 1 fully saturated rings. The Hall–Kier alpha value is -3.58. The van der Waals surface area contributed by atoms with E-state index in [0.717, 1.165) is 49.7 Å². The number of hydrogen-bond acceptors (Lipinski definition) is 6. The second kappa shape index (κ2) is 10.6. The van der Waals surface area contributed by atoms with Gasteiger partial charge in [0.25, 0.3) is 11.8 Å². The van der Waals surface area contributed by atoms with Crippen LogP contribution in [0.25, 0.3) is 5.57 Å². The van der Waals surface area contributed by atoms with E-state index < -0.39 is 0 Å². The van der Waals surface area contributed by atoms with Crippen molar-refractivity contribution >= 4 is 28.8 Å². The van der Waals surface area contributed by atoms with Gasteiger partial charge < -0.3 is 19.9 Å². The van der Waals surface area contributed by atoms with E-state index in [1.165, 1.54) is 4.90 Å². The van der Waals surface area contributed by atoms with Gasteiger partial charge in [0.1, 0.15) is 11.4 Å². The molecule has 2 aromatic carbocycles. The Bertz CT molecular complexity index is 1070. The second-order valence-corrected chi connectivity index (χ2v) is 8.59. The van der Waals surface area contributed by atoms with Crippen molar-refractivity contribution in [1.82, 2.24) is 9.80 Å². The maximum atomic E-state index is 13.2. The van der Waals surface area contributed by atoms with Gasteiger partial charge in [-0.2, -0.15) is 0 Å². The molecule has 7 heteroatoms. The molecule has 0 aliphatic carbocycles. The van der Waals surface area contributed by atoms with Crippen LogP contribution in [0.1, 0.15) is 18.9 Å². The van der Waals surface area contributed by atoms with E-state index in [4.69, 9.17) is 4.74 Å². The lowest BCUT2D eigenvalue weighted by Crippen LogP contribution is -2.44. The first-order valence-electron chi connectivity index (χ1n) is 11.8. The van der Waals surface area contributed by atoms with E-state index in [9.17, 15) is 9.59 Å². The highest BCUT2D eigenvalue weighted by Crippen LogP contribution is 2.32. The molecule has 178 valence electrons.